The van der Waals surface area contributed by atoms with Gasteiger partial charge in [-0.2, -0.15) is 0 Å². The zero-order valence-corrected chi connectivity index (χ0v) is 17.3. The fraction of sp³-hybridized carbons (Fsp3) is 0.571. The van der Waals surface area contributed by atoms with Gasteiger partial charge in [0.2, 0.25) is 0 Å². The average molecular weight is 398 g/mol. The molecule has 4 heterocycles. The minimum Gasteiger partial charge on any atom is -0.364 e. The molecular weight excluding hydrogens is 366 g/mol. The first kappa shape index (κ1) is 19.7. The van der Waals surface area contributed by atoms with Crippen LogP contribution in [0, 0.1) is 0 Å². The van der Waals surface area contributed by atoms with Crippen molar-refractivity contribution in [2.75, 3.05) is 51.2 Å². The summed E-state index contributed by atoms with van der Waals surface area (Å²) in [6.07, 6.45) is 7.42. The molecule has 2 aliphatic heterocycles. The molecule has 156 valence electrons. The largest absolute Gasteiger partial charge is 0.364 e. The fourth-order valence-electron chi connectivity index (χ4n) is 4.05. The molecule has 0 aromatic carbocycles. The van der Waals surface area contributed by atoms with Crippen LogP contribution in [-0.4, -0.2) is 72.2 Å². The summed E-state index contributed by atoms with van der Waals surface area (Å²) in [6.45, 7) is 7.71. The van der Waals surface area contributed by atoms with Crippen molar-refractivity contribution >= 4 is 11.8 Å². The number of nitrogens with zero attached hydrogens (tertiary/aromatic N) is 6. The molecule has 0 atom stereocenters. The molecule has 8 nitrogen and oxygen atoms in total. The molecule has 2 aromatic heterocycles. The van der Waals surface area contributed by atoms with Gasteiger partial charge in [0, 0.05) is 71.7 Å². The van der Waals surface area contributed by atoms with Crippen molar-refractivity contribution in [3.05, 3.63) is 41.9 Å². The molecular formula is C21H31N7O. The summed E-state index contributed by atoms with van der Waals surface area (Å²) in [4.78, 5) is 16.2. The number of nitrogens with one attached hydrogen (secondary N) is 1. The summed E-state index contributed by atoms with van der Waals surface area (Å²) in [5.74, 6) is 2.06. The van der Waals surface area contributed by atoms with Crippen LogP contribution in [0.5, 0.6) is 0 Å². The van der Waals surface area contributed by atoms with Crippen LogP contribution in [0.4, 0.5) is 5.82 Å². The van der Waals surface area contributed by atoms with Crippen LogP contribution in [0.2, 0.25) is 0 Å². The Labute approximate surface area is 172 Å². The molecule has 29 heavy (non-hydrogen) atoms. The summed E-state index contributed by atoms with van der Waals surface area (Å²) in [5, 5.41) is 7.54. The highest BCUT2D eigenvalue weighted by molar-refractivity contribution is 5.80. The van der Waals surface area contributed by atoms with Gasteiger partial charge in [0.15, 0.2) is 5.96 Å². The van der Waals surface area contributed by atoms with E-state index in [0.717, 1.165) is 69.8 Å². The van der Waals surface area contributed by atoms with E-state index in [0.29, 0.717) is 0 Å². The lowest BCUT2D eigenvalue weighted by atomic mass is 10.1. The van der Waals surface area contributed by atoms with E-state index >= 15 is 0 Å². The van der Waals surface area contributed by atoms with Gasteiger partial charge in [0.05, 0.1) is 5.69 Å². The van der Waals surface area contributed by atoms with Crippen LogP contribution >= 0.6 is 0 Å². The summed E-state index contributed by atoms with van der Waals surface area (Å²) in [6, 6.07) is 6.23. The van der Waals surface area contributed by atoms with E-state index in [-0.39, 0.29) is 0 Å². The topological polar surface area (TPSA) is 73.0 Å². The number of pyridine rings is 1. The summed E-state index contributed by atoms with van der Waals surface area (Å²) in [7, 11) is 1.86. The van der Waals surface area contributed by atoms with E-state index < -0.39 is 0 Å². The van der Waals surface area contributed by atoms with E-state index in [1.165, 1.54) is 24.8 Å². The maximum absolute atomic E-state index is 4.93. The number of aliphatic imine (C=N–C) groups is 1. The molecule has 0 amide bonds. The Morgan fingerprint density at radius 2 is 1.93 bits per heavy atom. The van der Waals surface area contributed by atoms with E-state index in [9.17, 15) is 0 Å². The molecule has 2 aromatic rings. The number of piperazine rings is 1. The van der Waals surface area contributed by atoms with Crippen molar-refractivity contribution in [1.29, 1.82) is 0 Å². The number of hydrogen-bond acceptors (Lipinski definition) is 6. The minimum absolute atomic E-state index is 0.759. The van der Waals surface area contributed by atoms with Crippen molar-refractivity contribution in [2.24, 2.45) is 4.99 Å². The number of anilines is 1. The predicted octanol–water partition coefficient (Wildman–Crippen LogP) is 1.95. The van der Waals surface area contributed by atoms with Gasteiger partial charge in [0.1, 0.15) is 12.1 Å². The lowest BCUT2D eigenvalue weighted by molar-refractivity contribution is 0.169. The Morgan fingerprint density at radius 1 is 1.10 bits per heavy atom. The lowest BCUT2D eigenvalue weighted by Crippen LogP contribution is -2.52. The first-order valence-electron chi connectivity index (χ1n) is 10.6. The van der Waals surface area contributed by atoms with Gasteiger partial charge in [-0.1, -0.05) is 5.16 Å². The van der Waals surface area contributed by atoms with Crippen LogP contribution in [0.25, 0.3) is 0 Å². The maximum atomic E-state index is 4.93. The minimum atomic E-state index is 0.759. The Kier molecular flexibility index (Phi) is 6.61. The Hall–Kier alpha value is -2.61. The van der Waals surface area contributed by atoms with Gasteiger partial charge in [-0.15, -0.1) is 0 Å². The third-order valence-corrected chi connectivity index (χ3v) is 5.70. The van der Waals surface area contributed by atoms with Gasteiger partial charge in [-0.25, -0.2) is 4.98 Å². The third-order valence-electron chi connectivity index (χ3n) is 5.70. The molecule has 0 unspecified atom stereocenters. The number of hydrogen-bond donors (Lipinski definition) is 1. The predicted molar refractivity (Wildman–Crippen MR) is 114 cm³/mol. The van der Waals surface area contributed by atoms with E-state index in [1.807, 2.05) is 19.3 Å². The van der Waals surface area contributed by atoms with Crippen LogP contribution < -0.4 is 10.2 Å². The van der Waals surface area contributed by atoms with Crippen molar-refractivity contribution in [3.8, 4) is 0 Å². The van der Waals surface area contributed by atoms with Gasteiger partial charge >= 0.3 is 0 Å². The lowest BCUT2D eigenvalue weighted by Gasteiger charge is -2.36. The molecule has 2 saturated heterocycles. The van der Waals surface area contributed by atoms with E-state index in [1.54, 1.807) is 6.26 Å². The normalized spacial score (nSPS) is 18.9. The van der Waals surface area contributed by atoms with Crippen LogP contribution in [0.1, 0.15) is 30.5 Å². The molecule has 2 fully saturated rings. The monoisotopic (exact) mass is 397 g/mol. The molecule has 0 aliphatic carbocycles. The second-order valence-corrected chi connectivity index (χ2v) is 7.72. The number of rotatable bonds is 5. The molecule has 8 heteroatoms. The Bertz CT molecular complexity index is 778. The second kappa shape index (κ2) is 9.73. The molecule has 2 aliphatic rings. The summed E-state index contributed by atoms with van der Waals surface area (Å²) >= 11 is 0. The van der Waals surface area contributed by atoms with Gasteiger partial charge < -0.3 is 19.6 Å². The van der Waals surface area contributed by atoms with Crippen molar-refractivity contribution < 1.29 is 4.52 Å². The molecule has 4 rings (SSSR count). The molecule has 0 radical (unpaired) electrons. The molecule has 0 saturated carbocycles. The highest BCUT2D eigenvalue weighted by atomic mass is 16.5. The maximum Gasteiger partial charge on any atom is 0.194 e. The molecule has 0 spiro atoms. The first-order valence-corrected chi connectivity index (χ1v) is 10.6. The highest BCUT2D eigenvalue weighted by Gasteiger charge is 2.20. The zero-order valence-electron chi connectivity index (χ0n) is 17.3. The SMILES string of the molecule is CN=C(NCc1ccnc(N2CCCCC2)c1)N1CCN(Cc2ccon2)CC1. The smallest absolute Gasteiger partial charge is 0.194 e. The molecule has 0 bridgehead atoms. The number of guanidine groups is 1. The van der Waals surface area contributed by atoms with Crippen LogP contribution in [0.15, 0.2) is 40.2 Å². The third kappa shape index (κ3) is 5.26. The van der Waals surface area contributed by atoms with Crippen molar-refractivity contribution in [2.45, 2.75) is 32.4 Å². The first-order chi connectivity index (χ1) is 14.3. The van der Waals surface area contributed by atoms with Gasteiger partial charge in [-0.3, -0.25) is 9.89 Å². The zero-order chi connectivity index (χ0) is 19.9. The summed E-state index contributed by atoms with van der Waals surface area (Å²) in [5.41, 5.74) is 2.23. The number of piperidine rings is 1. The standard InChI is InChI=1S/C21H31N7O/c1-22-21(28-12-10-26(11-13-28)17-19-6-14-29-25-19)24-16-18-5-7-23-20(15-18)27-8-3-2-4-9-27/h5-7,14-15H,2-4,8-13,16-17H2,1H3,(H,22,24). The average Bonchev–Trinajstić information content (AvgIpc) is 3.29. The quantitative estimate of drug-likeness (QED) is 0.611. The van der Waals surface area contributed by atoms with Crippen molar-refractivity contribution in [1.82, 2.24) is 25.3 Å². The van der Waals surface area contributed by atoms with Gasteiger partial charge in [0.25, 0.3) is 0 Å². The second-order valence-electron chi connectivity index (χ2n) is 7.72. The highest BCUT2D eigenvalue weighted by Crippen LogP contribution is 2.18. The van der Waals surface area contributed by atoms with Crippen LogP contribution in [-0.2, 0) is 13.1 Å². The molecule has 1 N–H and O–H groups in total. The Morgan fingerprint density at radius 3 is 2.66 bits per heavy atom. The van der Waals surface area contributed by atoms with Gasteiger partial charge in [-0.05, 0) is 37.0 Å². The fourth-order valence-corrected chi connectivity index (χ4v) is 4.05. The summed E-state index contributed by atoms with van der Waals surface area (Å²) < 4.78 is 4.93. The van der Waals surface area contributed by atoms with Crippen molar-refractivity contribution in [3.63, 3.8) is 0 Å². The van der Waals surface area contributed by atoms with Crippen LogP contribution in [0.3, 0.4) is 0 Å². The Balaban J connectivity index is 1.27. The van der Waals surface area contributed by atoms with E-state index in [4.69, 9.17) is 4.52 Å². The number of aromatic nitrogens is 2. The van der Waals surface area contributed by atoms with E-state index in [2.05, 4.69) is 47.3 Å².